The van der Waals surface area contributed by atoms with Gasteiger partial charge in [-0.25, -0.2) is 4.39 Å². The highest BCUT2D eigenvalue weighted by atomic mass is 79.9. The molecule has 0 aliphatic carbocycles. The highest BCUT2D eigenvalue weighted by Crippen LogP contribution is 2.08. The SMILES string of the molecule is Fc1ccccc1COCCCCCBr. The third kappa shape index (κ3) is 5.28. The molecule has 84 valence electrons. The molecule has 0 aliphatic rings. The normalized spacial score (nSPS) is 10.5. The maximum atomic E-state index is 13.1. The number of rotatable bonds is 7. The Labute approximate surface area is 98.8 Å². The van der Waals surface area contributed by atoms with Gasteiger partial charge in [0, 0.05) is 17.5 Å². The molecular formula is C12H16BrFO. The van der Waals surface area contributed by atoms with E-state index in [1.165, 1.54) is 12.5 Å². The average molecular weight is 275 g/mol. The Morgan fingerprint density at radius 2 is 1.93 bits per heavy atom. The minimum atomic E-state index is -0.182. The van der Waals surface area contributed by atoms with E-state index in [4.69, 9.17) is 4.74 Å². The van der Waals surface area contributed by atoms with Crippen molar-refractivity contribution in [3.05, 3.63) is 35.6 Å². The van der Waals surface area contributed by atoms with Gasteiger partial charge < -0.3 is 4.74 Å². The van der Waals surface area contributed by atoms with Crippen molar-refractivity contribution in [1.82, 2.24) is 0 Å². The second-order valence-corrected chi connectivity index (χ2v) is 4.19. The van der Waals surface area contributed by atoms with Gasteiger partial charge in [-0.15, -0.1) is 0 Å². The third-order valence-corrected chi connectivity index (χ3v) is 2.70. The molecule has 1 aromatic carbocycles. The van der Waals surface area contributed by atoms with Gasteiger partial charge >= 0.3 is 0 Å². The molecule has 0 saturated carbocycles. The number of ether oxygens (including phenoxy) is 1. The van der Waals surface area contributed by atoms with Gasteiger partial charge in [0.15, 0.2) is 0 Å². The predicted molar refractivity (Wildman–Crippen MR) is 63.7 cm³/mol. The summed E-state index contributed by atoms with van der Waals surface area (Å²) in [5, 5.41) is 1.04. The van der Waals surface area contributed by atoms with Gasteiger partial charge in [-0.3, -0.25) is 0 Å². The summed E-state index contributed by atoms with van der Waals surface area (Å²) in [6.45, 7) is 1.09. The van der Waals surface area contributed by atoms with E-state index in [-0.39, 0.29) is 5.82 Å². The van der Waals surface area contributed by atoms with Crippen molar-refractivity contribution in [2.75, 3.05) is 11.9 Å². The van der Waals surface area contributed by atoms with Crippen LogP contribution in [0.5, 0.6) is 0 Å². The van der Waals surface area contributed by atoms with Crippen molar-refractivity contribution in [1.29, 1.82) is 0 Å². The Morgan fingerprint density at radius 1 is 1.13 bits per heavy atom. The zero-order valence-electron chi connectivity index (χ0n) is 8.72. The molecule has 0 bridgehead atoms. The molecule has 0 amide bonds. The Kier molecular flexibility index (Phi) is 6.60. The van der Waals surface area contributed by atoms with Crippen LogP contribution in [0.3, 0.4) is 0 Å². The first-order valence-electron chi connectivity index (χ1n) is 5.21. The molecule has 0 saturated heterocycles. The number of benzene rings is 1. The fourth-order valence-electron chi connectivity index (χ4n) is 1.27. The highest BCUT2D eigenvalue weighted by molar-refractivity contribution is 9.09. The summed E-state index contributed by atoms with van der Waals surface area (Å²) in [5.41, 5.74) is 0.637. The van der Waals surface area contributed by atoms with Gasteiger partial charge in [0.1, 0.15) is 5.82 Å². The second kappa shape index (κ2) is 7.83. The molecule has 15 heavy (non-hydrogen) atoms. The van der Waals surface area contributed by atoms with Crippen molar-refractivity contribution in [2.24, 2.45) is 0 Å². The summed E-state index contributed by atoms with van der Waals surface area (Å²) in [6, 6.07) is 6.73. The number of hydrogen-bond acceptors (Lipinski definition) is 1. The van der Waals surface area contributed by atoms with Gasteiger partial charge in [-0.2, -0.15) is 0 Å². The summed E-state index contributed by atoms with van der Waals surface area (Å²) in [7, 11) is 0. The summed E-state index contributed by atoms with van der Waals surface area (Å²) in [5.74, 6) is -0.182. The number of hydrogen-bond donors (Lipinski definition) is 0. The fourth-order valence-corrected chi connectivity index (χ4v) is 1.67. The maximum absolute atomic E-state index is 13.1. The largest absolute Gasteiger partial charge is 0.377 e. The Bertz CT molecular complexity index is 278. The van der Waals surface area contributed by atoms with E-state index in [1.807, 2.05) is 6.07 Å². The first kappa shape index (κ1) is 12.7. The molecule has 0 aliphatic heterocycles. The first-order valence-corrected chi connectivity index (χ1v) is 6.34. The van der Waals surface area contributed by atoms with E-state index in [9.17, 15) is 4.39 Å². The van der Waals surface area contributed by atoms with Gasteiger partial charge in [-0.1, -0.05) is 40.5 Å². The van der Waals surface area contributed by atoms with Crippen LogP contribution in [-0.2, 0) is 11.3 Å². The molecule has 0 spiro atoms. The molecule has 3 heteroatoms. The quantitative estimate of drug-likeness (QED) is 0.541. The lowest BCUT2D eigenvalue weighted by molar-refractivity contribution is 0.115. The summed E-state index contributed by atoms with van der Waals surface area (Å²) >= 11 is 3.37. The first-order chi connectivity index (χ1) is 7.34. The molecule has 1 aromatic rings. The van der Waals surface area contributed by atoms with Gasteiger partial charge in [0.2, 0.25) is 0 Å². The Balaban J connectivity index is 2.12. The summed E-state index contributed by atoms with van der Waals surface area (Å²) in [4.78, 5) is 0. The van der Waals surface area contributed by atoms with Crippen molar-refractivity contribution in [2.45, 2.75) is 25.9 Å². The van der Waals surface area contributed by atoms with Gasteiger partial charge in [-0.05, 0) is 18.9 Å². The zero-order chi connectivity index (χ0) is 10.9. The maximum Gasteiger partial charge on any atom is 0.128 e. The van der Waals surface area contributed by atoms with Crippen LogP contribution in [0.4, 0.5) is 4.39 Å². The summed E-state index contributed by atoms with van der Waals surface area (Å²) in [6.07, 6.45) is 3.37. The second-order valence-electron chi connectivity index (χ2n) is 3.39. The van der Waals surface area contributed by atoms with Crippen LogP contribution in [0.15, 0.2) is 24.3 Å². The van der Waals surface area contributed by atoms with E-state index >= 15 is 0 Å². The third-order valence-electron chi connectivity index (χ3n) is 2.14. The van der Waals surface area contributed by atoms with Crippen LogP contribution in [0.25, 0.3) is 0 Å². The number of unbranched alkanes of at least 4 members (excludes halogenated alkanes) is 2. The minimum absolute atomic E-state index is 0.182. The standard InChI is InChI=1S/C12H16BrFO/c13-8-4-1-5-9-15-10-11-6-2-3-7-12(11)14/h2-3,6-7H,1,4-5,8-10H2. The summed E-state index contributed by atoms with van der Waals surface area (Å²) < 4.78 is 18.5. The van der Waals surface area contributed by atoms with Crippen LogP contribution in [0.1, 0.15) is 24.8 Å². The number of halogens is 2. The van der Waals surface area contributed by atoms with Crippen LogP contribution < -0.4 is 0 Å². The highest BCUT2D eigenvalue weighted by Gasteiger charge is 1.99. The number of alkyl halides is 1. The predicted octanol–water partition coefficient (Wildman–Crippen LogP) is 3.91. The van der Waals surface area contributed by atoms with Crippen molar-refractivity contribution >= 4 is 15.9 Å². The molecule has 0 aromatic heterocycles. The van der Waals surface area contributed by atoms with E-state index < -0.39 is 0 Å². The molecule has 0 N–H and O–H groups in total. The van der Waals surface area contributed by atoms with E-state index in [2.05, 4.69) is 15.9 Å². The minimum Gasteiger partial charge on any atom is -0.377 e. The molecule has 0 unspecified atom stereocenters. The van der Waals surface area contributed by atoms with E-state index in [0.717, 1.165) is 18.2 Å². The van der Waals surface area contributed by atoms with E-state index in [1.54, 1.807) is 12.1 Å². The molecule has 1 rings (SSSR count). The molecule has 0 atom stereocenters. The molecular weight excluding hydrogens is 259 g/mol. The fraction of sp³-hybridized carbons (Fsp3) is 0.500. The lowest BCUT2D eigenvalue weighted by atomic mass is 10.2. The molecule has 0 heterocycles. The lowest BCUT2D eigenvalue weighted by Crippen LogP contribution is -1.97. The van der Waals surface area contributed by atoms with Crippen molar-refractivity contribution < 1.29 is 9.13 Å². The smallest absolute Gasteiger partial charge is 0.128 e. The Morgan fingerprint density at radius 3 is 2.67 bits per heavy atom. The monoisotopic (exact) mass is 274 g/mol. The van der Waals surface area contributed by atoms with Crippen LogP contribution >= 0.6 is 15.9 Å². The Hall–Kier alpha value is -0.410. The van der Waals surface area contributed by atoms with E-state index in [0.29, 0.717) is 18.8 Å². The molecule has 1 nitrogen and oxygen atoms in total. The van der Waals surface area contributed by atoms with Gasteiger partial charge in [0.25, 0.3) is 0 Å². The lowest BCUT2D eigenvalue weighted by Gasteiger charge is -2.04. The molecule has 0 radical (unpaired) electrons. The molecule has 0 fully saturated rings. The zero-order valence-corrected chi connectivity index (χ0v) is 10.3. The van der Waals surface area contributed by atoms with Crippen LogP contribution in [-0.4, -0.2) is 11.9 Å². The van der Waals surface area contributed by atoms with Crippen molar-refractivity contribution in [3.63, 3.8) is 0 Å². The average Bonchev–Trinajstić information content (AvgIpc) is 2.25. The van der Waals surface area contributed by atoms with Gasteiger partial charge in [0.05, 0.1) is 6.61 Å². The van der Waals surface area contributed by atoms with Crippen LogP contribution in [0.2, 0.25) is 0 Å². The topological polar surface area (TPSA) is 9.23 Å². The van der Waals surface area contributed by atoms with Crippen molar-refractivity contribution in [3.8, 4) is 0 Å². The van der Waals surface area contributed by atoms with Crippen LogP contribution in [0, 0.1) is 5.82 Å².